The third kappa shape index (κ3) is 6.50. The SMILES string of the molecule is CCCc1ccc(-c2ccc(OCCCCCCOC)cc2F)cc1. The number of ether oxygens (including phenoxy) is 2. The number of unbranched alkanes of at least 4 members (excludes halogenated alkanes) is 3. The first-order valence-corrected chi connectivity index (χ1v) is 9.25. The molecule has 0 aliphatic carbocycles. The second-order valence-corrected chi connectivity index (χ2v) is 6.34. The number of benzene rings is 2. The van der Waals surface area contributed by atoms with Gasteiger partial charge in [-0.25, -0.2) is 4.39 Å². The van der Waals surface area contributed by atoms with Crippen LogP contribution in [0.5, 0.6) is 5.75 Å². The van der Waals surface area contributed by atoms with E-state index in [2.05, 4.69) is 19.1 Å². The molecular weight excluding hydrogens is 315 g/mol. The zero-order chi connectivity index (χ0) is 17.9. The highest BCUT2D eigenvalue weighted by Gasteiger charge is 2.07. The van der Waals surface area contributed by atoms with Gasteiger partial charge in [-0.3, -0.25) is 0 Å². The fourth-order valence-corrected chi connectivity index (χ4v) is 2.85. The van der Waals surface area contributed by atoms with Crippen LogP contribution in [0.2, 0.25) is 0 Å². The molecule has 2 rings (SSSR count). The highest BCUT2D eigenvalue weighted by atomic mass is 19.1. The van der Waals surface area contributed by atoms with Crippen LogP contribution in [0.25, 0.3) is 11.1 Å². The summed E-state index contributed by atoms with van der Waals surface area (Å²) in [4.78, 5) is 0. The second-order valence-electron chi connectivity index (χ2n) is 6.34. The van der Waals surface area contributed by atoms with Gasteiger partial charge in [-0.05, 0) is 48.9 Å². The molecule has 0 saturated heterocycles. The van der Waals surface area contributed by atoms with Crippen LogP contribution >= 0.6 is 0 Å². The molecular formula is C22H29FO2. The Morgan fingerprint density at radius 2 is 1.60 bits per heavy atom. The molecule has 136 valence electrons. The molecule has 0 aromatic heterocycles. The summed E-state index contributed by atoms with van der Waals surface area (Å²) >= 11 is 0. The monoisotopic (exact) mass is 344 g/mol. The van der Waals surface area contributed by atoms with E-state index in [0.717, 1.165) is 50.7 Å². The second kappa shape index (κ2) is 10.9. The summed E-state index contributed by atoms with van der Waals surface area (Å²) in [5.41, 5.74) is 2.81. The molecule has 0 saturated carbocycles. The van der Waals surface area contributed by atoms with E-state index in [1.165, 1.54) is 11.6 Å². The summed E-state index contributed by atoms with van der Waals surface area (Å²) in [5, 5.41) is 0. The van der Waals surface area contributed by atoms with Crippen LogP contribution in [0, 0.1) is 5.82 Å². The van der Waals surface area contributed by atoms with Crippen LogP contribution in [0.1, 0.15) is 44.6 Å². The summed E-state index contributed by atoms with van der Waals surface area (Å²) in [7, 11) is 1.72. The van der Waals surface area contributed by atoms with Gasteiger partial charge in [-0.15, -0.1) is 0 Å². The Morgan fingerprint density at radius 3 is 2.24 bits per heavy atom. The van der Waals surface area contributed by atoms with Gasteiger partial charge >= 0.3 is 0 Å². The maximum Gasteiger partial charge on any atom is 0.134 e. The minimum atomic E-state index is -0.235. The van der Waals surface area contributed by atoms with E-state index in [4.69, 9.17) is 9.47 Å². The topological polar surface area (TPSA) is 18.5 Å². The molecule has 0 heterocycles. The standard InChI is InChI=1S/C22H29FO2/c1-3-8-18-9-11-19(12-10-18)21-14-13-20(17-22(21)23)25-16-7-5-4-6-15-24-2/h9-14,17H,3-8,15-16H2,1-2H3. The van der Waals surface area contributed by atoms with E-state index >= 15 is 0 Å². The van der Waals surface area contributed by atoms with E-state index in [1.807, 2.05) is 18.2 Å². The van der Waals surface area contributed by atoms with Crippen molar-refractivity contribution < 1.29 is 13.9 Å². The van der Waals surface area contributed by atoms with Gasteiger partial charge in [0.25, 0.3) is 0 Å². The largest absolute Gasteiger partial charge is 0.493 e. The van der Waals surface area contributed by atoms with Gasteiger partial charge < -0.3 is 9.47 Å². The molecule has 0 fully saturated rings. The molecule has 0 radical (unpaired) electrons. The van der Waals surface area contributed by atoms with Gasteiger partial charge in [0.1, 0.15) is 11.6 Å². The number of halogens is 1. The van der Waals surface area contributed by atoms with Crippen molar-refractivity contribution in [1.29, 1.82) is 0 Å². The zero-order valence-corrected chi connectivity index (χ0v) is 15.4. The van der Waals surface area contributed by atoms with Crippen molar-refractivity contribution in [3.63, 3.8) is 0 Å². The van der Waals surface area contributed by atoms with Crippen molar-refractivity contribution >= 4 is 0 Å². The maximum absolute atomic E-state index is 14.4. The van der Waals surface area contributed by atoms with Crippen LogP contribution < -0.4 is 4.74 Å². The van der Waals surface area contributed by atoms with Crippen molar-refractivity contribution in [2.45, 2.75) is 45.4 Å². The Hall–Kier alpha value is -1.87. The molecule has 0 bridgehead atoms. The quantitative estimate of drug-likeness (QED) is 0.463. The fourth-order valence-electron chi connectivity index (χ4n) is 2.85. The Kier molecular flexibility index (Phi) is 8.47. The molecule has 0 unspecified atom stereocenters. The average Bonchev–Trinajstić information content (AvgIpc) is 2.62. The van der Waals surface area contributed by atoms with Gasteiger partial charge in [0.05, 0.1) is 6.61 Å². The minimum Gasteiger partial charge on any atom is -0.493 e. The predicted molar refractivity (Wildman–Crippen MR) is 102 cm³/mol. The third-order valence-electron chi connectivity index (χ3n) is 4.26. The lowest BCUT2D eigenvalue weighted by Crippen LogP contribution is -1.98. The van der Waals surface area contributed by atoms with Crippen molar-refractivity contribution in [3.05, 3.63) is 53.8 Å². The highest BCUT2D eigenvalue weighted by molar-refractivity contribution is 5.65. The van der Waals surface area contributed by atoms with Crippen LogP contribution in [-0.4, -0.2) is 20.3 Å². The first-order valence-electron chi connectivity index (χ1n) is 9.25. The summed E-state index contributed by atoms with van der Waals surface area (Å²) in [6.45, 7) is 3.59. The molecule has 0 N–H and O–H groups in total. The van der Waals surface area contributed by atoms with Gasteiger partial charge in [-0.1, -0.05) is 44.0 Å². The molecule has 0 aliphatic rings. The average molecular weight is 344 g/mol. The maximum atomic E-state index is 14.4. The minimum absolute atomic E-state index is 0.235. The lowest BCUT2D eigenvalue weighted by molar-refractivity contribution is 0.191. The van der Waals surface area contributed by atoms with Gasteiger partial charge in [0, 0.05) is 25.3 Å². The number of aryl methyl sites for hydroxylation is 1. The first kappa shape index (κ1) is 19.5. The number of hydrogen-bond donors (Lipinski definition) is 0. The Balaban J connectivity index is 1.85. The van der Waals surface area contributed by atoms with Crippen molar-refractivity contribution in [2.24, 2.45) is 0 Å². The lowest BCUT2D eigenvalue weighted by atomic mass is 10.0. The Morgan fingerprint density at radius 1 is 0.880 bits per heavy atom. The van der Waals surface area contributed by atoms with Crippen LogP contribution in [0.15, 0.2) is 42.5 Å². The summed E-state index contributed by atoms with van der Waals surface area (Å²) in [6.07, 6.45) is 6.47. The molecule has 2 nitrogen and oxygen atoms in total. The third-order valence-corrected chi connectivity index (χ3v) is 4.26. The zero-order valence-electron chi connectivity index (χ0n) is 15.4. The molecule has 0 amide bonds. The lowest BCUT2D eigenvalue weighted by Gasteiger charge is -2.09. The van der Waals surface area contributed by atoms with E-state index in [0.29, 0.717) is 17.9 Å². The Bertz CT molecular complexity index is 622. The molecule has 0 spiro atoms. The highest BCUT2D eigenvalue weighted by Crippen LogP contribution is 2.27. The smallest absolute Gasteiger partial charge is 0.134 e. The van der Waals surface area contributed by atoms with Crippen molar-refractivity contribution in [3.8, 4) is 16.9 Å². The predicted octanol–water partition coefficient (Wildman–Crippen LogP) is 6.03. The van der Waals surface area contributed by atoms with Crippen LogP contribution in [0.4, 0.5) is 4.39 Å². The van der Waals surface area contributed by atoms with Crippen molar-refractivity contribution in [1.82, 2.24) is 0 Å². The van der Waals surface area contributed by atoms with E-state index in [-0.39, 0.29) is 5.82 Å². The number of hydrogen-bond acceptors (Lipinski definition) is 2. The van der Waals surface area contributed by atoms with Crippen LogP contribution in [0.3, 0.4) is 0 Å². The summed E-state index contributed by atoms with van der Waals surface area (Å²) < 4.78 is 25.1. The van der Waals surface area contributed by atoms with Crippen molar-refractivity contribution in [2.75, 3.05) is 20.3 Å². The van der Waals surface area contributed by atoms with Gasteiger partial charge in [0.15, 0.2) is 0 Å². The fraction of sp³-hybridized carbons (Fsp3) is 0.455. The van der Waals surface area contributed by atoms with E-state index < -0.39 is 0 Å². The summed E-state index contributed by atoms with van der Waals surface area (Å²) in [5.74, 6) is 0.363. The number of rotatable bonds is 11. The molecule has 3 heteroatoms. The van der Waals surface area contributed by atoms with E-state index in [1.54, 1.807) is 13.2 Å². The van der Waals surface area contributed by atoms with Crippen LogP contribution in [-0.2, 0) is 11.2 Å². The Labute approximate surface area is 151 Å². The van der Waals surface area contributed by atoms with E-state index in [9.17, 15) is 4.39 Å². The normalized spacial score (nSPS) is 10.8. The van der Waals surface area contributed by atoms with Gasteiger partial charge in [0.2, 0.25) is 0 Å². The number of methoxy groups -OCH3 is 1. The summed E-state index contributed by atoms with van der Waals surface area (Å²) in [6, 6.07) is 13.3. The van der Waals surface area contributed by atoms with Gasteiger partial charge in [-0.2, -0.15) is 0 Å². The molecule has 25 heavy (non-hydrogen) atoms. The molecule has 2 aromatic rings. The molecule has 0 aliphatic heterocycles. The first-order chi connectivity index (χ1) is 12.2. The molecule has 2 aromatic carbocycles. The molecule has 0 atom stereocenters.